The zero-order valence-electron chi connectivity index (χ0n) is 15.7. The third kappa shape index (κ3) is 5.14. The summed E-state index contributed by atoms with van der Waals surface area (Å²) in [6.07, 6.45) is 0. The highest BCUT2D eigenvalue weighted by Gasteiger charge is 2.14. The van der Waals surface area contributed by atoms with E-state index < -0.39 is 0 Å². The molecule has 2 aromatic carbocycles. The van der Waals surface area contributed by atoms with Crippen LogP contribution in [-0.4, -0.2) is 22.6 Å². The van der Waals surface area contributed by atoms with E-state index in [1.54, 1.807) is 6.07 Å². The number of amides is 1. The van der Waals surface area contributed by atoms with Gasteiger partial charge in [0.1, 0.15) is 0 Å². The fourth-order valence-corrected chi connectivity index (χ4v) is 2.66. The van der Waals surface area contributed by atoms with Gasteiger partial charge >= 0.3 is 0 Å². The van der Waals surface area contributed by atoms with E-state index in [9.17, 15) is 4.79 Å². The molecule has 0 saturated heterocycles. The van der Waals surface area contributed by atoms with Gasteiger partial charge in [-0.15, -0.1) is 10.2 Å². The molecule has 0 bridgehead atoms. The molecule has 0 fully saturated rings. The van der Waals surface area contributed by atoms with Gasteiger partial charge in [0.25, 0.3) is 5.91 Å². The summed E-state index contributed by atoms with van der Waals surface area (Å²) in [5.74, 6) is 0.892. The van der Waals surface area contributed by atoms with E-state index in [2.05, 4.69) is 46.4 Å². The summed E-state index contributed by atoms with van der Waals surface area (Å²) >= 11 is 0. The fraction of sp³-hybridized carbons (Fsp3) is 0.227. The third-order valence-electron chi connectivity index (χ3n) is 4.08. The van der Waals surface area contributed by atoms with E-state index in [0.717, 1.165) is 5.69 Å². The van der Waals surface area contributed by atoms with Gasteiger partial charge in [0, 0.05) is 18.8 Å². The second-order valence-electron chi connectivity index (χ2n) is 6.79. The summed E-state index contributed by atoms with van der Waals surface area (Å²) in [6, 6.07) is 23.8. The van der Waals surface area contributed by atoms with Crippen LogP contribution in [0.25, 0.3) is 0 Å². The molecule has 0 aliphatic carbocycles. The first-order valence-corrected chi connectivity index (χ1v) is 9.12. The number of hydrogen-bond acceptors (Lipinski definition) is 4. The highest BCUT2D eigenvalue weighted by Crippen LogP contribution is 2.25. The van der Waals surface area contributed by atoms with Gasteiger partial charge in [-0.2, -0.15) is 0 Å². The van der Waals surface area contributed by atoms with Crippen LogP contribution < -0.4 is 10.2 Å². The number of carbonyl (C=O) groups excluding carboxylic acids is 1. The first-order valence-electron chi connectivity index (χ1n) is 9.12. The number of rotatable bonds is 7. The van der Waals surface area contributed by atoms with Crippen LogP contribution in [-0.2, 0) is 6.54 Å². The van der Waals surface area contributed by atoms with E-state index in [0.29, 0.717) is 30.5 Å². The Kier molecular flexibility index (Phi) is 6.15. The molecule has 1 heterocycles. The Labute approximate surface area is 160 Å². The Morgan fingerprint density at radius 3 is 2.19 bits per heavy atom. The van der Waals surface area contributed by atoms with Gasteiger partial charge in [0.2, 0.25) is 0 Å². The Hall–Kier alpha value is -3.21. The molecular formula is C22H24N4O. The highest BCUT2D eigenvalue weighted by molar-refractivity contribution is 5.92. The Balaban J connectivity index is 1.83. The smallest absolute Gasteiger partial charge is 0.271 e. The first kappa shape index (κ1) is 18.6. The fourth-order valence-electron chi connectivity index (χ4n) is 2.66. The predicted octanol–water partition coefficient (Wildman–Crippen LogP) is 4.20. The number of benzene rings is 2. The number of hydrogen-bond donors (Lipinski definition) is 1. The second kappa shape index (κ2) is 8.94. The average molecular weight is 360 g/mol. The standard InChI is InChI=1S/C22H24N4O/c1-17(2)15-23-22(27)20-13-14-21(25-24-20)26(19-11-7-4-8-12-19)16-18-9-5-3-6-10-18/h3-14,17H,15-16H2,1-2H3,(H,23,27). The van der Waals surface area contributed by atoms with Gasteiger partial charge in [-0.05, 0) is 35.7 Å². The number of aromatic nitrogens is 2. The lowest BCUT2D eigenvalue weighted by atomic mass is 10.2. The van der Waals surface area contributed by atoms with Crippen molar-refractivity contribution in [2.75, 3.05) is 11.4 Å². The molecule has 0 aliphatic rings. The molecular weight excluding hydrogens is 336 g/mol. The third-order valence-corrected chi connectivity index (χ3v) is 4.08. The van der Waals surface area contributed by atoms with Crippen LogP contribution in [0.2, 0.25) is 0 Å². The minimum atomic E-state index is -0.197. The monoisotopic (exact) mass is 360 g/mol. The molecule has 5 nitrogen and oxygen atoms in total. The van der Waals surface area contributed by atoms with Crippen LogP contribution in [0.5, 0.6) is 0 Å². The topological polar surface area (TPSA) is 58.1 Å². The Bertz CT molecular complexity index is 849. The SMILES string of the molecule is CC(C)CNC(=O)c1ccc(N(Cc2ccccc2)c2ccccc2)nn1. The van der Waals surface area contributed by atoms with Crippen LogP contribution in [0, 0.1) is 5.92 Å². The zero-order valence-corrected chi connectivity index (χ0v) is 15.7. The number of carbonyl (C=O) groups is 1. The molecule has 138 valence electrons. The molecule has 1 amide bonds. The van der Waals surface area contributed by atoms with Crippen molar-refractivity contribution >= 4 is 17.4 Å². The molecule has 3 rings (SSSR count). The van der Waals surface area contributed by atoms with Crippen molar-refractivity contribution in [3.8, 4) is 0 Å². The summed E-state index contributed by atoms with van der Waals surface area (Å²) in [7, 11) is 0. The molecule has 3 aromatic rings. The van der Waals surface area contributed by atoms with Crippen molar-refractivity contribution in [3.63, 3.8) is 0 Å². The summed E-state index contributed by atoms with van der Waals surface area (Å²) in [5, 5.41) is 11.3. The summed E-state index contributed by atoms with van der Waals surface area (Å²) < 4.78 is 0. The van der Waals surface area contributed by atoms with Gasteiger partial charge in [0.05, 0.1) is 0 Å². The van der Waals surface area contributed by atoms with Gasteiger partial charge in [-0.25, -0.2) is 0 Å². The number of anilines is 2. The van der Waals surface area contributed by atoms with E-state index in [-0.39, 0.29) is 5.91 Å². The number of nitrogens with zero attached hydrogens (tertiary/aromatic N) is 3. The van der Waals surface area contributed by atoms with Crippen molar-refractivity contribution < 1.29 is 4.79 Å². The lowest BCUT2D eigenvalue weighted by molar-refractivity contribution is 0.0943. The van der Waals surface area contributed by atoms with Crippen molar-refractivity contribution in [2.45, 2.75) is 20.4 Å². The maximum Gasteiger partial charge on any atom is 0.271 e. The first-order chi connectivity index (χ1) is 13.1. The molecule has 1 N–H and O–H groups in total. The lowest BCUT2D eigenvalue weighted by Crippen LogP contribution is -2.28. The Morgan fingerprint density at radius 2 is 1.59 bits per heavy atom. The van der Waals surface area contributed by atoms with Crippen molar-refractivity contribution in [3.05, 3.63) is 84.1 Å². The van der Waals surface area contributed by atoms with Crippen molar-refractivity contribution in [1.29, 1.82) is 0 Å². The van der Waals surface area contributed by atoms with Gasteiger partial charge in [-0.1, -0.05) is 62.4 Å². The second-order valence-corrected chi connectivity index (χ2v) is 6.79. The van der Waals surface area contributed by atoms with Crippen LogP contribution in [0.1, 0.15) is 29.9 Å². The van der Waals surface area contributed by atoms with E-state index >= 15 is 0 Å². The maximum atomic E-state index is 12.2. The minimum absolute atomic E-state index is 0.197. The molecule has 27 heavy (non-hydrogen) atoms. The van der Waals surface area contributed by atoms with Crippen LogP contribution >= 0.6 is 0 Å². The molecule has 1 aromatic heterocycles. The number of nitrogens with one attached hydrogen (secondary N) is 1. The quantitative estimate of drug-likeness (QED) is 0.686. The average Bonchev–Trinajstić information content (AvgIpc) is 2.72. The predicted molar refractivity (Wildman–Crippen MR) is 108 cm³/mol. The maximum absolute atomic E-state index is 12.2. The minimum Gasteiger partial charge on any atom is -0.350 e. The van der Waals surface area contributed by atoms with Crippen LogP contribution in [0.15, 0.2) is 72.8 Å². The van der Waals surface area contributed by atoms with Gasteiger partial charge < -0.3 is 10.2 Å². The molecule has 0 unspecified atom stereocenters. The normalized spacial score (nSPS) is 10.6. The van der Waals surface area contributed by atoms with Crippen LogP contribution in [0.4, 0.5) is 11.5 Å². The van der Waals surface area contributed by atoms with Gasteiger partial charge in [0.15, 0.2) is 11.5 Å². The molecule has 0 atom stereocenters. The Morgan fingerprint density at radius 1 is 0.926 bits per heavy atom. The summed E-state index contributed by atoms with van der Waals surface area (Å²) in [6.45, 7) is 5.39. The molecule has 0 aliphatic heterocycles. The molecule has 0 saturated carbocycles. The summed E-state index contributed by atoms with van der Waals surface area (Å²) in [4.78, 5) is 14.2. The summed E-state index contributed by atoms with van der Waals surface area (Å²) in [5.41, 5.74) is 2.52. The van der Waals surface area contributed by atoms with E-state index in [4.69, 9.17) is 0 Å². The van der Waals surface area contributed by atoms with Gasteiger partial charge in [-0.3, -0.25) is 4.79 Å². The van der Waals surface area contributed by atoms with Crippen molar-refractivity contribution in [1.82, 2.24) is 15.5 Å². The molecule has 0 radical (unpaired) electrons. The van der Waals surface area contributed by atoms with E-state index in [1.165, 1.54) is 5.56 Å². The van der Waals surface area contributed by atoms with Crippen LogP contribution in [0.3, 0.4) is 0 Å². The zero-order chi connectivity index (χ0) is 19.1. The lowest BCUT2D eigenvalue weighted by Gasteiger charge is -2.23. The van der Waals surface area contributed by atoms with Crippen molar-refractivity contribution in [2.24, 2.45) is 5.92 Å². The highest BCUT2D eigenvalue weighted by atomic mass is 16.1. The largest absolute Gasteiger partial charge is 0.350 e. The molecule has 5 heteroatoms. The van der Waals surface area contributed by atoms with E-state index in [1.807, 2.05) is 54.6 Å². The molecule has 0 spiro atoms. The number of para-hydroxylation sites is 1.